The maximum Gasteiger partial charge on any atom is 0.305 e. The molecular weight excluding hydrogens is 329 g/mol. The minimum atomic E-state index is -1.01. The number of carbonyl (C=O) groups is 1. The summed E-state index contributed by atoms with van der Waals surface area (Å²) in [5, 5.41) is 13.1. The van der Waals surface area contributed by atoms with Crippen LogP contribution in [0.4, 0.5) is 10.1 Å². The van der Waals surface area contributed by atoms with E-state index >= 15 is 0 Å². The van der Waals surface area contributed by atoms with Gasteiger partial charge in [0.05, 0.1) is 4.92 Å². The smallest absolute Gasteiger partial charge is 0.305 e. The van der Waals surface area contributed by atoms with E-state index in [0.717, 1.165) is 25.0 Å². The number of benzene rings is 1. The first kappa shape index (κ1) is 21.1. The van der Waals surface area contributed by atoms with E-state index in [0.29, 0.717) is 6.54 Å². The summed E-state index contributed by atoms with van der Waals surface area (Å²) in [7, 11) is 0. The molecule has 0 saturated carbocycles. The number of nitrogens with zero attached hydrogens (tertiary/aromatic N) is 1. The van der Waals surface area contributed by atoms with Crippen LogP contribution in [0.3, 0.4) is 0 Å². The largest absolute Gasteiger partial charge is 0.484 e. The Hall–Kier alpha value is -1.93. The van der Waals surface area contributed by atoms with Crippen molar-refractivity contribution in [2.75, 3.05) is 13.2 Å². The lowest BCUT2D eigenvalue weighted by Crippen LogP contribution is -2.50. The van der Waals surface area contributed by atoms with Crippen LogP contribution in [-0.4, -0.2) is 29.5 Å². The van der Waals surface area contributed by atoms with Crippen LogP contribution >= 0.6 is 12.4 Å². The molecule has 130 valence electrons. The molecule has 9 heteroatoms. The van der Waals surface area contributed by atoms with Crippen LogP contribution in [0.25, 0.3) is 0 Å². The fourth-order valence-corrected chi connectivity index (χ4v) is 1.70. The van der Waals surface area contributed by atoms with Crippen molar-refractivity contribution in [2.45, 2.75) is 32.2 Å². The van der Waals surface area contributed by atoms with Crippen molar-refractivity contribution in [1.29, 1.82) is 0 Å². The minimum absolute atomic E-state index is 0. The van der Waals surface area contributed by atoms with Crippen LogP contribution in [0.2, 0.25) is 0 Å². The average Bonchev–Trinajstić information content (AvgIpc) is 2.50. The molecule has 23 heavy (non-hydrogen) atoms. The van der Waals surface area contributed by atoms with E-state index in [4.69, 9.17) is 10.5 Å². The van der Waals surface area contributed by atoms with Gasteiger partial charge in [0, 0.05) is 24.2 Å². The summed E-state index contributed by atoms with van der Waals surface area (Å²) >= 11 is 0. The van der Waals surface area contributed by atoms with Gasteiger partial charge >= 0.3 is 5.69 Å². The second-order valence-electron chi connectivity index (χ2n) is 5.01. The molecule has 0 unspecified atom stereocenters. The highest BCUT2D eigenvalue weighted by molar-refractivity contribution is 5.85. The van der Waals surface area contributed by atoms with Gasteiger partial charge in [0.1, 0.15) is 5.75 Å². The van der Waals surface area contributed by atoms with E-state index in [2.05, 4.69) is 5.32 Å². The van der Waals surface area contributed by atoms with Crippen LogP contribution in [0.15, 0.2) is 18.2 Å². The summed E-state index contributed by atoms with van der Waals surface area (Å²) in [4.78, 5) is 21.3. The maximum atomic E-state index is 13.4. The predicted octanol–water partition coefficient (Wildman–Crippen LogP) is 2.17. The third-order valence-electron chi connectivity index (χ3n) is 3.53. The van der Waals surface area contributed by atoms with Gasteiger partial charge in [-0.3, -0.25) is 14.9 Å². The Balaban J connectivity index is 0.00000484. The molecule has 0 spiro atoms. The number of hydrogen-bond donors (Lipinski definition) is 2. The van der Waals surface area contributed by atoms with Crippen molar-refractivity contribution in [3.63, 3.8) is 0 Å². The lowest BCUT2D eigenvalue weighted by Gasteiger charge is -2.26. The van der Waals surface area contributed by atoms with Gasteiger partial charge in [-0.1, -0.05) is 13.8 Å². The molecule has 0 aliphatic heterocycles. The van der Waals surface area contributed by atoms with E-state index in [1.807, 2.05) is 13.8 Å². The fraction of sp³-hybridized carbons (Fsp3) is 0.500. The highest BCUT2D eigenvalue weighted by Gasteiger charge is 2.21. The predicted molar refractivity (Wildman–Crippen MR) is 86.3 cm³/mol. The maximum absolute atomic E-state index is 13.4. The van der Waals surface area contributed by atoms with E-state index in [1.54, 1.807) is 0 Å². The molecule has 0 radical (unpaired) electrons. The first-order valence-corrected chi connectivity index (χ1v) is 6.93. The van der Waals surface area contributed by atoms with Gasteiger partial charge in [-0.2, -0.15) is 4.39 Å². The Morgan fingerprint density at radius 2 is 2.04 bits per heavy atom. The Kier molecular flexibility index (Phi) is 8.49. The lowest BCUT2D eigenvalue weighted by atomic mass is 9.94. The zero-order valence-corrected chi connectivity index (χ0v) is 13.8. The van der Waals surface area contributed by atoms with Crippen LogP contribution in [0, 0.1) is 15.9 Å². The summed E-state index contributed by atoms with van der Waals surface area (Å²) in [5.41, 5.74) is 4.94. The van der Waals surface area contributed by atoms with Gasteiger partial charge in [0.25, 0.3) is 5.91 Å². The zero-order valence-electron chi connectivity index (χ0n) is 13.0. The van der Waals surface area contributed by atoms with Crippen molar-refractivity contribution in [3.05, 3.63) is 34.1 Å². The van der Waals surface area contributed by atoms with Gasteiger partial charge in [0.15, 0.2) is 6.61 Å². The van der Waals surface area contributed by atoms with Crippen LogP contribution < -0.4 is 15.8 Å². The summed E-state index contributed by atoms with van der Waals surface area (Å²) in [6.45, 7) is 3.87. The number of halogens is 2. The van der Waals surface area contributed by atoms with Gasteiger partial charge in [-0.25, -0.2) is 0 Å². The molecular formula is C14H21ClFN3O4. The van der Waals surface area contributed by atoms with Crippen molar-refractivity contribution in [3.8, 4) is 5.75 Å². The molecule has 1 aromatic carbocycles. The van der Waals surface area contributed by atoms with Crippen molar-refractivity contribution < 1.29 is 18.8 Å². The standard InChI is InChI=1S/C14H20FN3O4.ClH/c1-3-14(16,4-2)9-17-13(19)8-22-10-5-6-12(18(20)21)11(15)7-10;/h5-7H,3-4,8-9,16H2,1-2H3,(H,17,19);1H. The second kappa shape index (κ2) is 9.26. The molecule has 0 fully saturated rings. The molecule has 0 aliphatic rings. The molecule has 0 aliphatic carbocycles. The highest BCUT2D eigenvalue weighted by Crippen LogP contribution is 2.22. The summed E-state index contributed by atoms with van der Waals surface area (Å²) in [6, 6.07) is 3.10. The van der Waals surface area contributed by atoms with Gasteiger partial charge in [-0.05, 0) is 18.9 Å². The molecule has 1 rings (SSSR count). The molecule has 1 aromatic rings. The van der Waals surface area contributed by atoms with Gasteiger partial charge in [-0.15, -0.1) is 12.4 Å². The number of amides is 1. The summed E-state index contributed by atoms with van der Waals surface area (Å²) in [5.74, 6) is -1.36. The average molecular weight is 350 g/mol. The van der Waals surface area contributed by atoms with Gasteiger partial charge in [0.2, 0.25) is 5.82 Å². The molecule has 0 bridgehead atoms. The Labute approximate surface area is 139 Å². The Bertz CT molecular complexity index is 553. The Morgan fingerprint density at radius 1 is 1.43 bits per heavy atom. The van der Waals surface area contributed by atoms with E-state index < -0.39 is 27.9 Å². The zero-order chi connectivity index (χ0) is 16.8. The minimum Gasteiger partial charge on any atom is -0.484 e. The van der Waals surface area contributed by atoms with Crippen LogP contribution in [0.1, 0.15) is 26.7 Å². The number of ether oxygens (including phenoxy) is 1. The fourth-order valence-electron chi connectivity index (χ4n) is 1.70. The Morgan fingerprint density at radius 3 is 2.52 bits per heavy atom. The normalized spacial score (nSPS) is 10.6. The van der Waals surface area contributed by atoms with Crippen molar-refractivity contribution in [2.24, 2.45) is 5.73 Å². The molecule has 7 nitrogen and oxygen atoms in total. The SMILES string of the molecule is CCC(N)(CC)CNC(=O)COc1ccc([N+](=O)[O-])c(F)c1.Cl. The van der Waals surface area contributed by atoms with Crippen LogP contribution in [-0.2, 0) is 4.79 Å². The molecule has 0 aromatic heterocycles. The first-order chi connectivity index (χ1) is 10.3. The van der Waals surface area contributed by atoms with E-state index in [-0.39, 0.29) is 24.8 Å². The summed E-state index contributed by atoms with van der Waals surface area (Å²) in [6.07, 6.45) is 1.44. The summed E-state index contributed by atoms with van der Waals surface area (Å²) < 4.78 is 18.5. The van der Waals surface area contributed by atoms with Crippen molar-refractivity contribution in [1.82, 2.24) is 5.32 Å². The number of hydrogen-bond acceptors (Lipinski definition) is 5. The third-order valence-corrected chi connectivity index (χ3v) is 3.53. The third kappa shape index (κ3) is 6.37. The first-order valence-electron chi connectivity index (χ1n) is 6.93. The van der Waals surface area contributed by atoms with Crippen LogP contribution in [0.5, 0.6) is 5.75 Å². The molecule has 0 heterocycles. The topological polar surface area (TPSA) is 107 Å². The quantitative estimate of drug-likeness (QED) is 0.552. The van der Waals surface area contributed by atoms with E-state index in [9.17, 15) is 19.3 Å². The molecule has 1 amide bonds. The number of nitro groups is 1. The molecule has 0 atom stereocenters. The number of nitrogens with one attached hydrogen (secondary N) is 1. The van der Waals surface area contributed by atoms with Gasteiger partial charge < -0.3 is 15.8 Å². The van der Waals surface area contributed by atoms with E-state index in [1.165, 1.54) is 6.07 Å². The monoisotopic (exact) mass is 349 g/mol. The highest BCUT2D eigenvalue weighted by atomic mass is 35.5. The number of nitrogens with two attached hydrogens (primary N) is 1. The number of rotatable bonds is 8. The molecule has 3 N–H and O–H groups in total. The number of carbonyl (C=O) groups excluding carboxylic acids is 1. The number of nitro benzene ring substituents is 1. The lowest BCUT2D eigenvalue weighted by molar-refractivity contribution is -0.387. The van der Waals surface area contributed by atoms with Crippen molar-refractivity contribution >= 4 is 24.0 Å². The molecule has 0 saturated heterocycles. The second-order valence-corrected chi connectivity index (χ2v) is 5.01.